The van der Waals surface area contributed by atoms with Crippen molar-refractivity contribution in [1.29, 1.82) is 0 Å². The smallest absolute Gasteiger partial charge is 0.255 e. The van der Waals surface area contributed by atoms with Crippen molar-refractivity contribution >= 4 is 5.91 Å². The molecule has 3 rings (SSSR count). The fourth-order valence-corrected chi connectivity index (χ4v) is 2.88. The van der Waals surface area contributed by atoms with Crippen molar-refractivity contribution in [2.24, 2.45) is 0 Å². The minimum atomic E-state index is -0.210. The second kappa shape index (κ2) is 7.95. The number of aromatic amines is 1. The summed E-state index contributed by atoms with van der Waals surface area (Å²) in [6.45, 7) is 3.94. The molecule has 0 radical (unpaired) electrons. The number of benzene rings is 2. The summed E-state index contributed by atoms with van der Waals surface area (Å²) in [5.41, 5.74) is 4.20. The lowest BCUT2D eigenvalue weighted by Crippen LogP contribution is -2.26. The average molecular weight is 365 g/mol. The summed E-state index contributed by atoms with van der Waals surface area (Å²) in [5.74, 6) is 1.08. The SMILES string of the molecule is COc1ccc([C@H](C)NC(=O)c2cn[nH]c2-c2ccc(C)cc2)cc1OC. The summed E-state index contributed by atoms with van der Waals surface area (Å²) < 4.78 is 10.6. The molecular formula is C21H23N3O3. The normalized spacial score (nSPS) is 11.7. The first-order chi connectivity index (χ1) is 13.0. The van der Waals surface area contributed by atoms with Gasteiger partial charge in [-0.05, 0) is 31.5 Å². The number of carbonyl (C=O) groups is 1. The van der Waals surface area contributed by atoms with Crippen LogP contribution in [0.4, 0.5) is 0 Å². The molecule has 1 atom stereocenters. The third-order valence-electron chi connectivity index (χ3n) is 4.48. The van der Waals surface area contributed by atoms with Crippen molar-refractivity contribution < 1.29 is 14.3 Å². The third kappa shape index (κ3) is 3.95. The Kier molecular flexibility index (Phi) is 5.45. The first-order valence-electron chi connectivity index (χ1n) is 8.66. The summed E-state index contributed by atoms with van der Waals surface area (Å²) in [5, 5.41) is 9.98. The Morgan fingerprint density at radius 3 is 2.44 bits per heavy atom. The van der Waals surface area contributed by atoms with Crippen molar-refractivity contribution in [3.63, 3.8) is 0 Å². The monoisotopic (exact) mass is 365 g/mol. The number of carbonyl (C=O) groups excluding carboxylic acids is 1. The van der Waals surface area contributed by atoms with E-state index in [1.54, 1.807) is 20.4 Å². The standard InChI is InChI=1S/C21H23N3O3/c1-13-5-7-15(8-6-13)20-17(12-22-24-20)21(25)23-14(2)16-9-10-18(26-3)19(11-16)27-4/h5-12,14H,1-4H3,(H,22,24)(H,23,25)/t14-/m0/s1. The van der Waals surface area contributed by atoms with Crippen LogP contribution in [0.2, 0.25) is 0 Å². The molecule has 0 aliphatic rings. The minimum absolute atomic E-state index is 0.193. The molecule has 1 amide bonds. The van der Waals surface area contributed by atoms with Crippen LogP contribution >= 0.6 is 0 Å². The number of aromatic nitrogens is 2. The van der Waals surface area contributed by atoms with Crippen LogP contribution in [0.3, 0.4) is 0 Å². The summed E-state index contributed by atoms with van der Waals surface area (Å²) >= 11 is 0. The summed E-state index contributed by atoms with van der Waals surface area (Å²) in [6, 6.07) is 13.3. The molecule has 0 aliphatic heterocycles. The van der Waals surface area contributed by atoms with Crippen molar-refractivity contribution in [3.05, 3.63) is 65.4 Å². The Balaban J connectivity index is 1.80. The molecule has 0 fully saturated rings. The summed E-state index contributed by atoms with van der Waals surface area (Å²) in [6.07, 6.45) is 1.55. The number of H-pyrrole nitrogens is 1. The molecule has 0 saturated carbocycles. The van der Waals surface area contributed by atoms with Gasteiger partial charge in [-0.25, -0.2) is 0 Å². The number of hydrogen-bond donors (Lipinski definition) is 2. The molecule has 0 aliphatic carbocycles. The van der Waals surface area contributed by atoms with Gasteiger partial charge in [0.05, 0.1) is 37.7 Å². The number of nitrogens with zero attached hydrogens (tertiary/aromatic N) is 1. The molecular weight excluding hydrogens is 342 g/mol. The van der Waals surface area contributed by atoms with Gasteiger partial charge in [0.15, 0.2) is 11.5 Å². The number of aryl methyl sites for hydroxylation is 1. The Hall–Kier alpha value is -3.28. The van der Waals surface area contributed by atoms with Crippen LogP contribution in [0.5, 0.6) is 11.5 Å². The number of rotatable bonds is 6. The van der Waals surface area contributed by atoms with E-state index in [1.165, 1.54) is 0 Å². The van der Waals surface area contributed by atoms with E-state index in [1.807, 2.05) is 56.3 Å². The fraction of sp³-hybridized carbons (Fsp3) is 0.238. The molecule has 140 valence electrons. The van der Waals surface area contributed by atoms with Crippen molar-refractivity contribution in [2.75, 3.05) is 14.2 Å². The van der Waals surface area contributed by atoms with Crippen LogP contribution in [-0.4, -0.2) is 30.3 Å². The fourth-order valence-electron chi connectivity index (χ4n) is 2.88. The lowest BCUT2D eigenvalue weighted by molar-refractivity contribution is 0.0940. The van der Waals surface area contributed by atoms with Gasteiger partial charge < -0.3 is 14.8 Å². The molecule has 1 heterocycles. The third-order valence-corrected chi connectivity index (χ3v) is 4.48. The highest BCUT2D eigenvalue weighted by Gasteiger charge is 2.18. The van der Waals surface area contributed by atoms with E-state index in [-0.39, 0.29) is 11.9 Å². The van der Waals surface area contributed by atoms with Gasteiger partial charge in [-0.15, -0.1) is 0 Å². The number of ether oxygens (including phenoxy) is 2. The summed E-state index contributed by atoms with van der Waals surface area (Å²) in [7, 11) is 3.18. The maximum absolute atomic E-state index is 12.8. The zero-order chi connectivity index (χ0) is 19.4. The number of methoxy groups -OCH3 is 2. The highest BCUT2D eigenvalue weighted by atomic mass is 16.5. The molecule has 0 saturated heterocycles. The molecule has 0 unspecified atom stereocenters. The molecule has 1 aromatic heterocycles. The second-order valence-corrected chi connectivity index (χ2v) is 6.33. The maximum atomic E-state index is 12.8. The Morgan fingerprint density at radius 1 is 1.07 bits per heavy atom. The van der Waals surface area contributed by atoms with Crippen LogP contribution in [0.1, 0.15) is 34.5 Å². The molecule has 2 N–H and O–H groups in total. The lowest BCUT2D eigenvalue weighted by Gasteiger charge is -2.16. The number of hydrogen-bond acceptors (Lipinski definition) is 4. The van der Waals surface area contributed by atoms with E-state index in [2.05, 4.69) is 15.5 Å². The topological polar surface area (TPSA) is 76.2 Å². The van der Waals surface area contributed by atoms with Gasteiger partial charge in [0, 0.05) is 5.56 Å². The number of nitrogens with one attached hydrogen (secondary N) is 2. The van der Waals surface area contributed by atoms with Crippen LogP contribution < -0.4 is 14.8 Å². The van der Waals surface area contributed by atoms with Gasteiger partial charge in [0.1, 0.15) is 0 Å². The van der Waals surface area contributed by atoms with E-state index in [0.29, 0.717) is 22.8 Å². The van der Waals surface area contributed by atoms with Gasteiger partial charge in [0.2, 0.25) is 0 Å². The zero-order valence-corrected chi connectivity index (χ0v) is 15.9. The average Bonchev–Trinajstić information content (AvgIpc) is 3.17. The quantitative estimate of drug-likeness (QED) is 0.695. The van der Waals surface area contributed by atoms with E-state index < -0.39 is 0 Å². The molecule has 0 spiro atoms. The summed E-state index contributed by atoms with van der Waals surface area (Å²) in [4.78, 5) is 12.8. The molecule has 6 heteroatoms. The zero-order valence-electron chi connectivity index (χ0n) is 15.9. The maximum Gasteiger partial charge on any atom is 0.255 e. The van der Waals surface area contributed by atoms with E-state index in [9.17, 15) is 4.79 Å². The number of amides is 1. The van der Waals surface area contributed by atoms with Gasteiger partial charge in [-0.1, -0.05) is 35.9 Å². The van der Waals surface area contributed by atoms with E-state index in [4.69, 9.17) is 9.47 Å². The first-order valence-corrected chi connectivity index (χ1v) is 8.66. The largest absolute Gasteiger partial charge is 0.493 e. The van der Waals surface area contributed by atoms with E-state index in [0.717, 1.165) is 16.7 Å². The van der Waals surface area contributed by atoms with Crippen LogP contribution in [0.15, 0.2) is 48.7 Å². The van der Waals surface area contributed by atoms with Crippen molar-refractivity contribution in [2.45, 2.75) is 19.9 Å². The van der Waals surface area contributed by atoms with Crippen LogP contribution in [-0.2, 0) is 0 Å². The molecule has 2 aromatic carbocycles. The van der Waals surface area contributed by atoms with Crippen LogP contribution in [0.25, 0.3) is 11.3 Å². The van der Waals surface area contributed by atoms with E-state index >= 15 is 0 Å². The lowest BCUT2D eigenvalue weighted by atomic mass is 10.0. The van der Waals surface area contributed by atoms with Gasteiger partial charge >= 0.3 is 0 Å². The second-order valence-electron chi connectivity index (χ2n) is 6.33. The highest BCUT2D eigenvalue weighted by molar-refractivity contribution is 5.99. The molecule has 27 heavy (non-hydrogen) atoms. The predicted octanol–water partition coefficient (Wildman–Crippen LogP) is 3.89. The van der Waals surface area contributed by atoms with Gasteiger partial charge in [-0.2, -0.15) is 5.10 Å². The molecule has 6 nitrogen and oxygen atoms in total. The predicted molar refractivity (Wildman–Crippen MR) is 104 cm³/mol. The van der Waals surface area contributed by atoms with Crippen LogP contribution in [0, 0.1) is 6.92 Å². The Bertz CT molecular complexity index is 932. The van der Waals surface area contributed by atoms with Gasteiger partial charge in [0.25, 0.3) is 5.91 Å². The minimum Gasteiger partial charge on any atom is -0.493 e. The van der Waals surface area contributed by atoms with Crippen molar-refractivity contribution in [3.8, 4) is 22.8 Å². The Labute approximate surface area is 158 Å². The van der Waals surface area contributed by atoms with Crippen molar-refractivity contribution in [1.82, 2.24) is 15.5 Å². The highest BCUT2D eigenvalue weighted by Crippen LogP contribution is 2.30. The Morgan fingerprint density at radius 2 is 1.78 bits per heavy atom. The molecule has 0 bridgehead atoms. The molecule has 3 aromatic rings. The van der Waals surface area contributed by atoms with Gasteiger partial charge in [-0.3, -0.25) is 9.89 Å². The first kappa shape index (κ1) is 18.5.